The van der Waals surface area contributed by atoms with Gasteiger partial charge < -0.3 is 15.5 Å². The number of carbonyl (C=O) groups is 1. The molecule has 3 rings (SSSR count). The third kappa shape index (κ3) is 2.90. The summed E-state index contributed by atoms with van der Waals surface area (Å²) >= 11 is 0. The van der Waals surface area contributed by atoms with E-state index >= 15 is 0 Å². The normalized spacial score (nSPS) is 20.0. The fourth-order valence-corrected chi connectivity index (χ4v) is 2.77. The van der Waals surface area contributed by atoms with Crippen LogP contribution in [0.25, 0.3) is 0 Å². The number of amides is 1. The van der Waals surface area contributed by atoms with Crippen molar-refractivity contribution in [3.8, 4) is 5.75 Å². The van der Waals surface area contributed by atoms with Crippen LogP contribution in [0, 0.1) is 0 Å². The van der Waals surface area contributed by atoms with Crippen LogP contribution in [0.2, 0.25) is 0 Å². The van der Waals surface area contributed by atoms with Crippen molar-refractivity contribution in [2.24, 2.45) is 0 Å². The summed E-state index contributed by atoms with van der Waals surface area (Å²) in [5.74, 6) is 0.0424. The van der Waals surface area contributed by atoms with Crippen LogP contribution >= 0.6 is 0 Å². The van der Waals surface area contributed by atoms with E-state index in [4.69, 9.17) is 0 Å². The molecule has 1 aliphatic carbocycles. The highest BCUT2D eigenvalue weighted by molar-refractivity contribution is 5.79. The summed E-state index contributed by atoms with van der Waals surface area (Å²) in [7, 11) is 0. The van der Waals surface area contributed by atoms with Crippen molar-refractivity contribution in [2.75, 3.05) is 0 Å². The first-order valence-corrected chi connectivity index (χ1v) is 6.96. The largest absolute Gasteiger partial charge is 0.508 e. The summed E-state index contributed by atoms with van der Waals surface area (Å²) in [6.07, 6.45) is 0.220. The van der Waals surface area contributed by atoms with Gasteiger partial charge in [-0.15, -0.1) is 0 Å². The zero-order valence-electron chi connectivity index (χ0n) is 11.5. The number of benzene rings is 2. The molecule has 0 saturated carbocycles. The van der Waals surface area contributed by atoms with Crippen LogP contribution in [0.3, 0.4) is 0 Å². The van der Waals surface area contributed by atoms with E-state index in [-0.39, 0.29) is 24.1 Å². The molecular weight excluding hydrogens is 266 g/mol. The molecule has 0 spiro atoms. The minimum atomic E-state index is -0.578. The van der Waals surface area contributed by atoms with Crippen LogP contribution in [0.4, 0.5) is 0 Å². The molecule has 2 aromatic rings. The minimum Gasteiger partial charge on any atom is -0.508 e. The van der Waals surface area contributed by atoms with E-state index in [1.165, 1.54) is 0 Å². The van der Waals surface area contributed by atoms with Gasteiger partial charge >= 0.3 is 0 Å². The number of hydrogen-bond acceptors (Lipinski definition) is 3. The Morgan fingerprint density at radius 2 is 1.86 bits per heavy atom. The lowest BCUT2D eigenvalue weighted by Crippen LogP contribution is -2.34. The molecule has 0 heterocycles. The van der Waals surface area contributed by atoms with E-state index in [2.05, 4.69) is 5.32 Å². The molecule has 0 radical (unpaired) electrons. The SMILES string of the molecule is O=C(Cc1ccc(O)cc1)NC1c2ccccc2CC1O. The van der Waals surface area contributed by atoms with Crippen molar-refractivity contribution in [3.63, 3.8) is 0 Å². The van der Waals surface area contributed by atoms with Crippen molar-refractivity contribution in [2.45, 2.75) is 25.0 Å². The maximum absolute atomic E-state index is 12.1. The molecule has 2 aromatic carbocycles. The molecule has 3 N–H and O–H groups in total. The third-order valence-corrected chi connectivity index (χ3v) is 3.82. The predicted octanol–water partition coefficient (Wildman–Crippen LogP) is 1.71. The number of phenolic OH excluding ortho intramolecular Hbond substituents is 1. The van der Waals surface area contributed by atoms with E-state index in [9.17, 15) is 15.0 Å². The maximum Gasteiger partial charge on any atom is 0.224 e. The number of aromatic hydroxyl groups is 1. The Morgan fingerprint density at radius 3 is 2.62 bits per heavy atom. The summed E-state index contributed by atoms with van der Waals surface area (Å²) < 4.78 is 0. The van der Waals surface area contributed by atoms with Crippen LogP contribution in [-0.2, 0) is 17.6 Å². The molecule has 2 unspecified atom stereocenters. The fourth-order valence-electron chi connectivity index (χ4n) is 2.77. The Hall–Kier alpha value is -2.33. The molecule has 0 saturated heterocycles. The zero-order chi connectivity index (χ0) is 14.8. The first kappa shape index (κ1) is 13.6. The van der Waals surface area contributed by atoms with E-state index in [1.807, 2.05) is 24.3 Å². The highest BCUT2D eigenvalue weighted by Gasteiger charge is 2.31. The molecule has 1 aliphatic rings. The second-order valence-corrected chi connectivity index (χ2v) is 5.36. The molecule has 1 amide bonds. The number of nitrogens with one attached hydrogen (secondary N) is 1. The van der Waals surface area contributed by atoms with Gasteiger partial charge in [0.1, 0.15) is 5.75 Å². The first-order valence-electron chi connectivity index (χ1n) is 6.96. The summed E-state index contributed by atoms with van der Waals surface area (Å²) in [6.45, 7) is 0. The van der Waals surface area contributed by atoms with Crippen molar-refractivity contribution < 1.29 is 15.0 Å². The van der Waals surface area contributed by atoms with Crippen molar-refractivity contribution in [1.29, 1.82) is 0 Å². The molecule has 0 aromatic heterocycles. The Labute approximate surface area is 123 Å². The van der Waals surface area contributed by atoms with Gasteiger partial charge in [-0.2, -0.15) is 0 Å². The topological polar surface area (TPSA) is 69.6 Å². The molecule has 0 bridgehead atoms. The molecule has 4 heteroatoms. The molecule has 108 valence electrons. The van der Waals surface area contributed by atoms with Gasteiger partial charge in [0.15, 0.2) is 0 Å². The molecule has 0 aliphatic heterocycles. The van der Waals surface area contributed by atoms with Crippen molar-refractivity contribution >= 4 is 5.91 Å². The number of rotatable bonds is 3. The van der Waals surface area contributed by atoms with E-state index in [1.54, 1.807) is 24.3 Å². The fraction of sp³-hybridized carbons (Fsp3) is 0.235. The molecule has 2 atom stereocenters. The van der Waals surface area contributed by atoms with Crippen LogP contribution < -0.4 is 5.32 Å². The van der Waals surface area contributed by atoms with Gasteiger partial charge in [0.2, 0.25) is 5.91 Å². The number of aliphatic hydroxyl groups excluding tert-OH is 1. The van der Waals surface area contributed by atoms with Gasteiger partial charge in [-0.05, 0) is 28.8 Å². The number of phenols is 1. The highest BCUT2D eigenvalue weighted by atomic mass is 16.3. The Bertz CT molecular complexity index is 651. The minimum absolute atomic E-state index is 0.138. The summed E-state index contributed by atoms with van der Waals surface area (Å²) in [4.78, 5) is 12.1. The van der Waals surface area contributed by atoms with Gasteiger partial charge in [0.25, 0.3) is 0 Å². The van der Waals surface area contributed by atoms with Gasteiger partial charge in [0, 0.05) is 6.42 Å². The van der Waals surface area contributed by atoms with Gasteiger partial charge in [-0.25, -0.2) is 0 Å². The second kappa shape index (κ2) is 5.58. The molecule has 21 heavy (non-hydrogen) atoms. The van der Waals surface area contributed by atoms with Gasteiger partial charge in [-0.3, -0.25) is 4.79 Å². The molecule has 4 nitrogen and oxygen atoms in total. The summed E-state index contributed by atoms with van der Waals surface area (Å²) in [5, 5.41) is 22.2. The monoisotopic (exact) mass is 283 g/mol. The predicted molar refractivity (Wildman–Crippen MR) is 78.8 cm³/mol. The van der Waals surface area contributed by atoms with Crippen molar-refractivity contribution in [3.05, 3.63) is 65.2 Å². The summed E-state index contributed by atoms with van der Waals surface area (Å²) in [6, 6.07) is 14.0. The van der Waals surface area contributed by atoms with Gasteiger partial charge in [0.05, 0.1) is 18.6 Å². The van der Waals surface area contributed by atoms with Crippen LogP contribution in [0.1, 0.15) is 22.7 Å². The first-order chi connectivity index (χ1) is 10.1. The number of hydrogen-bond donors (Lipinski definition) is 3. The molecule has 0 fully saturated rings. The van der Waals surface area contributed by atoms with Gasteiger partial charge in [-0.1, -0.05) is 36.4 Å². The third-order valence-electron chi connectivity index (χ3n) is 3.82. The van der Waals surface area contributed by atoms with Crippen LogP contribution in [0.5, 0.6) is 5.75 Å². The lowest BCUT2D eigenvalue weighted by molar-refractivity contribution is -0.121. The second-order valence-electron chi connectivity index (χ2n) is 5.36. The van der Waals surface area contributed by atoms with E-state index < -0.39 is 6.10 Å². The average molecular weight is 283 g/mol. The standard InChI is InChI=1S/C17H17NO3/c19-13-7-5-11(6-8-13)9-16(21)18-17-14-4-2-1-3-12(14)10-15(17)20/h1-8,15,17,19-20H,9-10H2,(H,18,21). The Balaban J connectivity index is 1.69. The lowest BCUT2D eigenvalue weighted by atomic mass is 10.1. The van der Waals surface area contributed by atoms with Crippen molar-refractivity contribution in [1.82, 2.24) is 5.32 Å². The Kier molecular flexibility index (Phi) is 3.62. The number of aliphatic hydroxyl groups is 1. The average Bonchev–Trinajstić information content (AvgIpc) is 2.78. The quantitative estimate of drug-likeness (QED) is 0.803. The lowest BCUT2D eigenvalue weighted by Gasteiger charge is -2.18. The molecular formula is C17H17NO3. The van der Waals surface area contributed by atoms with Crippen LogP contribution in [-0.4, -0.2) is 22.2 Å². The van der Waals surface area contributed by atoms with E-state index in [0.29, 0.717) is 6.42 Å². The summed E-state index contributed by atoms with van der Waals surface area (Å²) in [5.41, 5.74) is 2.90. The zero-order valence-corrected chi connectivity index (χ0v) is 11.5. The smallest absolute Gasteiger partial charge is 0.224 e. The van der Waals surface area contributed by atoms with E-state index in [0.717, 1.165) is 16.7 Å². The number of carbonyl (C=O) groups excluding carboxylic acids is 1. The maximum atomic E-state index is 12.1. The Morgan fingerprint density at radius 1 is 1.14 bits per heavy atom. The van der Waals surface area contributed by atoms with Crippen LogP contribution in [0.15, 0.2) is 48.5 Å². The highest BCUT2D eigenvalue weighted by Crippen LogP contribution is 2.31. The number of fused-ring (bicyclic) bond motifs is 1.